The zero-order valence-electron chi connectivity index (χ0n) is 23.4. The topological polar surface area (TPSA) is 108 Å². The minimum atomic E-state index is -0.00617. The third kappa shape index (κ3) is 7.28. The fraction of sp³-hybridized carbons (Fsp3) is 0.290. The number of hydrogen-bond donors (Lipinski definition) is 3. The minimum absolute atomic E-state index is 0. The average molecular weight is 609 g/mol. The van der Waals surface area contributed by atoms with E-state index < -0.39 is 0 Å². The molecule has 0 saturated carbocycles. The highest BCUT2D eigenvalue weighted by atomic mass is 35.5. The number of carbonyl (C=O) groups is 1. The zero-order chi connectivity index (χ0) is 27.3. The number of hydrogen-bond acceptors (Lipinski definition) is 7. The van der Waals surface area contributed by atoms with Crippen LogP contribution in [0.4, 0.5) is 17.2 Å². The second kappa shape index (κ2) is 14.3. The molecular formula is C31H35Cl2N7O2. The Labute approximate surface area is 257 Å². The predicted molar refractivity (Wildman–Crippen MR) is 174 cm³/mol. The number of nitrogens with zero attached hydrogens (tertiary/aromatic N) is 4. The Bertz CT molecular complexity index is 1650. The number of carbonyl (C=O) groups excluding carboxylic acids is 1. The molecule has 0 bridgehead atoms. The van der Waals surface area contributed by atoms with E-state index in [1.807, 2.05) is 67.6 Å². The number of aromatic amines is 1. The number of likely N-dealkylation sites (tertiary alicyclic amines) is 1. The van der Waals surface area contributed by atoms with Gasteiger partial charge in [0.1, 0.15) is 18.2 Å². The second-order valence-electron chi connectivity index (χ2n) is 10.1. The number of amides is 1. The van der Waals surface area contributed by atoms with Crippen molar-refractivity contribution < 1.29 is 9.53 Å². The van der Waals surface area contributed by atoms with E-state index >= 15 is 0 Å². The number of fused-ring (bicyclic) bond motifs is 2. The van der Waals surface area contributed by atoms with E-state index in [0.29, 0.717) is 24.7 Å². The first-order valence-electron chi connectivity index (χ1n) is 13.9. The number of aromatic nitrogens is 4. The molecule has 3 N–H and O–H groups in total. The molecule has 220 valence electrons. The quantitative estimate of drug-likeness (QED) is 0.157. The lowest BCUT2D eigenvalue weighted by molar-refractivity contribution is -0.116. The van der Waals surface area contributed by atoms with Gasteiger partial charge in [0.25, 0.3) is 0 Å². The maximum atomic E-state index is 12.2. The highest BCUT2D eigenvalue weighted by Gasteiger charge is 2.14. The van der Waals surface area contributed by atoms with Crippen LogP contribution in [-0.2, 0) is 4.79 Å². The maximum Gasteiger partial charge on any atom is 0.224 e. The number of H-pyrrole nitrogens is 1. The summed E-state index contributed by atoms with van der Waals surface area (Å²) in [7, 11) is 0. The molecule has 0 atom stereocenters. The summed E-state index contributed by atoms with van der Waals surface area (Å²) in [4.78, 5) is 24.5. The Hall–Kier alpha value is -3.92. The van der Waals surface area contributed by atoms with Gasteiger partial charge in [0.05, 0.1) is 17.2 Å². The van der Waals surface area contributed by atoms with Crippen LogP contribution < -0.4 is 15.4 Å². The van der Waals surface area contributed by atoms with E-state index in [2.05, 4.69) is 25.7 Å². The van der Waals surface area contributed by atoms with Crippen molar-refractivity contribution in [2.45, 2.75) is 32.6 Å². The van der Waals surface area contributed by atoms with Crippen molar-refractivity contribution >= 4 is 69.7 Å². The van der Waals surface area contributed by atoms with Crippen LogP contribution in [0, 0.1) is 0 Å². The van der Waals surface area contributed by atoms with Crippen LogP contribution in [0.15, 0.2) is 66.9 Å². The second-order valence-corrected chi connectivity index (χ2v) is 10.1. The van der Waals surface area contributed by atoms with E-state index in [4.69, 9.17) is 14.7 Å². The Morgan fingerprint density at radius 1 is 1.00 bits per heavy atom. The zero-order valence-corrected chi connectivity index (χ0v) is 25.1. The van der Waals surface area contributed by atoms with Crippen molar-refractivity contribution in [1.82, 2.24) is 25.1 Å². The van der Waals surface area contributed by atoms with Gasteiger partial charge in [-0.1, -0.05) is 19.1 Å². The summed E-state index contributed by atoms with van der Waals surface area (Å²) in [6.45, 7) is 5.85. The van der Waals surface area contributed by atoms with Crippen LogP contribution >= 0.6 is 24.8 Å². The van der Waals surface area contributed by atoms with Crippen LogP contribution in [-0.4, -0.2) is 57.2 Å². The number of halogens is 2. The van der Waals surface area contributed by atoms with E-state index in [1.165, 1.54) is 12.8 Å². The lowest BCUT2D eigenvalue weighted by atomic mass is 10.1. The number of ether oxygens (including phenoxy) is 1. The van der Waals surface area contributed by atoms with Gasteiger partial charge < -0.3 is 15.4 Å². The monoisotopic (exact) mass is 607 g/mol. The van der Waals surface area contributed by atoms with E-state index in [0.717, 1.165) is 70.5 Å². The molecule has 6 rings (SSSR count). The Kier molecular flexibility index (Phi) is 10.6. The highest BCUT2D eigenvalue weighted by molar-refractivity contribution is 5.95. The summed E-state index contributed by atoms with van der Waals surface area (Å²) >= 11 is 0. The van der Waals surface area contributed by atoms with Gasteiger partial charge in [-0.25, -0.2) is 9.97 Å². The summed E-state index contributed by atoms with van der Waals surface area (Å²) in [5.41, 5.74) is 4.19. The van der Waals surface area contributed by atoms with Crippen LogP contribution in [0.3, 0.4) is 0 Å². The van der Waals surface area contributed by atoms with Crippen LogP contribution in [0.2, 0.25) is 0 Å². The van der Waals surface area contributed by atoms with E-state index in [1.54, 1.807) is 6.20 Å². The van der Waals surface area contributed by atoms with Gasteiger partial charge in [-0.3, -0.25) is 14.8 Å². The van der Waals surface area contributed by atoms with Gasteiger partial charge >= 0.3 is 0 Å². The molecule has 5 aromatic rings. The highest BCUT2D eigenvalue weighted by Crippen LogP contribution is 2.31. The maximum absolute atomic E-state index is 12.2. The average Bonchev–Trinajstić information content (AvgIpc) is 3.65. The molecule has 9 nitrogen and oxygen atoms in total. The molecule has 42 heavy (non-hydrogen) atoms. The molecule has 0 spiro atoms. The predicted octanol–water partition coefficient (Wildman–Crippen LogP) is 6.97. The van der Waals surface area contributed by atoms with Crippen molar-refractivity contribution in [2.24, 2.45) is 0 Å². The molecule has 0 aliphatic carbocycles. The third-order valence-corrected chi connectivity index (χ3v) is 7.13. The van der Waals surface area contributed by atoms with Gasteiger partial charge in [0, 0.05) is 40.7 Å². The molecule has 11 heteroatoms. The number of anilines is 3. The van der Waals surface area contributed by atoms with Crippen molar-refractivity contribution in [2.75, 3.05) is 36.9 Å². The van der Waals surface area contributed by atoms with Crippen LogP contribution in [0.1, 0.15) is 32.6 Å². The molecule has 1 aliphatic heterocycles. The van der Waals surface area contributed by atoms with Crippen LogP contribution in [0.5, 0.6) is 5.75 Å². The summed E-state index contributed by atoms with van der Waals surface area (Å²) in [5, 5.41) is 15.5. The van der Waals surface area contributed by atoms with Gasteiger partial charge in [-0.2, -0.15) is 5.10 Å². The van der Waals surface area contributed by atoms with Crippen LogP contribution in [0.25, 0.3) is 33.2 Å². The molecule has 3 aromatic carbocycles. The summed E-state index contributed by atoms with van der Waals surface area (Å²) in [6.07, 6.45) is 5.61. The number of rotatable bonds is 10. The summed E-state index contributed by atoms with van der Waals surface area (Å²) in [6, 6.07) is 19.6. The fourth-order valence-electron chi connectivity index (χ4n) is 5.06. The Balaban J connectivity index is 0.00000202. The molecule has 3 heterocycles. The fourth-order valence-corrected chi connectivity index (χ4v) is 5.06. The van der Waals surface area contributed by atoms with Gasteiger partial charge in [-0.15, -0.1) is 24.8 Å². The van der Waals surface area contributed by atoms with E-state index in [-0.39, 0.29) is 30.7 Å². The normalized spacial score (nSPS) is 13.0. The van der Waals surface area contributed by atoms with Gasteiger partial charge in [0.15, 0.2) is 5.82 Å². The van der Waals surface area contributed by atoms with Crippen molar-refractivity contribution in [3.05, 3.63) is 66.9 Å². The standard InChI is InChI=1S/C31H33N7O2.2ClH/c1-2-6-29(39)33-23-8-5-7-21(17-23)30-35-28-12-10-25(40-16-15-38-13-3-4-14-38)19-26(28)31(36-30)34-24-9-11-27-22(18-24)20-32-37-27;;/h5,7-12,17-20H,2-4,6,13-16H2,1H3,(H,32,37)(H,33,39)(H,34,35,36);2*1H. The third-order valence-electron chi connectivity index (χ3n) is 7.13. The van der Waals surface area contributed by atoms with Crippen molar-refractivity contribution in [3.8, 4) is 17.1 Å². The van der Waals surface area contributed by atoms with Gasteiger partial charge in [0.2, 0.25) is 5.91 Å². The molecule has 2 aromatic heterocycles. The van der Waals surface area contributed by atoms with Gasteiger partial charge in [-0.05, 0) is 80.9 Å². The number of benzene rings is 3. The first-order chi connectivity index (χ1) is 19.6. The Morgan fingerprint density at radius 2 is 1.86 bits per heavy atom. The molecule has 1 saturated heterocycles. The lowest BCUT2D eigenvalue weighted by Gasteiger charge is -2.16. The summed E-state index contributed by atoms with van der Waals surface area (Å²) in [5.74, 6) is 2.02. The number of nitrogens with one attached hydrogen (secondary N) is 3. The molecular weight excluding hydrogens is 573 g/mol. The first kappa shape index (κ1) is 31.0. The lowest BCUT2D eigenvalue weighted by Crippen LogP contribution is -2.25. The molecule has 0 unspecified atom stereocenters. The Morgan fingerprint density at radius 3 is 2.69 bits per heavy atom. The van der Waals surface area contributed by atoms with Crippen molar-refractivity contribution in [1.29, 1.82) is 0 Å². The molecule has 1 fully saturated rings. The smallest absolute Gasteiger partial charge is 0.224 e. The molecule has 1 aliphatic rings. The molecule has 1 amide bonds. The first-order valence-corrected chi connectivity index (χ1v) is 13.9. The molecule has 0 radical (unpaired) electrons. The largest absolute Gasteiger partial charge is 0.492 e. The van der Waals surface area contributed by atoms with Crippen molar-refractivity contribution in [3.63, 3.8) is 0 Å². The summed E-state index contributed by atoms with van der Waals surface area (Å²) < 4.78 is 6.14. The minimum Gasteiger partial charge on any atom is -0.492 e. The SMILES string of the molecule is CCCC(=O)Nc1cccc(-c2nc(Nc3ccc4[nH]ncc4c3)c3cc(OCCN4CCCC4)ccc3n2)c1.Cl.Cl. The van der Waals surface area contributed by atoms with E-state index in [9.17, 15) is 4.79 Å².